The Balaban J connectivity index is 1.96. The normalized spacial score (nSPS) is 18.9. The summed E-state index contributed by atoms with van der Waals surface area (Å²) >= 11 is 0. The summed E-state index contributed by atoms with van der Waals surface area (Å²) in [6.07, 6.45) is 5.96. The van der Waals surface area contributed by atoms with E-state index in [0.717, 1.165) is 18.4 Å². The summed E-state index contributed by atoms with van der Waals surface area (Å²) in [5.74, 6) is 0.467. The lowest BCUT2D eigenvalue weighted by Gasteiger charge is -2.28. The van der Waals surface area contributed by atoms with Crippen LogP contribution in [-0.4, -0.2) is 14.5 Å². The molecule has 20 heavy (non-hydrogen) atoms. The zero-order chi connectivity index (χ0) is 14.6. The highest BCUT2D eigenvalue weighted by atomic mass is 32.2. The van der Waals surface area contributed by atoms with Crippen molar-refractivity contribution in [3.63, 3.8) is 0 Å². The Hall–Kier alpha value is -1.07. The Morgan fingerprint density at radius 1 is 1.30 bits per heavy atom. The van der Waals surface area contributed by atoms with Crippen molar-refractivity contribution in [3.05, 3.63) is 29.8 Å². The minimum atomic E-state index is -3.31. The molecule has 1 saturated carbocycles. The maximum atomic E-state index is 12.2. The summed E-state index contributed by atoms with van der Waals surface area (Å²) < 4.78 is 27.3. The third-order valence-electron chi connectivity index (χ3n) is 4.03. The van der Waals surface area contributed by atoms with E-state index < -0.39 is 10.0 Å². The predicted octanol–water partition coefficient (Wildman–Crippen LogP) is 2.66. The number of nitrogen functional groups attached to an aromatic ring is 1. The Labute approximate surface area is 121 Å². The number of rotatable bonds is 5. The molecule has 3 N–H and O–H groups in total. The molecule has 5 heteroatoms. The maximum Gasteiger partial charge on any atom is 0.216 e. The van der Waals surface area contributed by atoms with Crippen LogP contribution in [0.15, 0.2) is 24.3 Å². The van der Waals surface area contributed by atoms with E-state index in [0.29, 0.717) is 11.6 Å². The molecule has 0 radical (unpaired) electrons. The second-order valence-electron chi connectivity index (χ2n) is 5.81. The van der Waals surface area contributed by atoms with Crippen molar-refractivity contribution >= 4 is 15.7 Å². The Morgan fingerprint density at radius 2 is 2.00 bits per heavy atom. The molecule has 1 aliphatic carbocycles. The second-order valence-corrected chi connectivity index (χ2v) is 7.56. The topological polar surface area (TPSA) is 72.2 Å². The molecule has 1 aromatic carbocycles. The fraction of sp³-hybridized carbons (Fsp3) is 0.600. The number of hydrogen-bond acceptors (Lipinski definition) is 3. The second kappa shape index (κ2) is 6.59. The molecule has 0 heterocycles. The van der Waals surface area contributed by atoms with E-state index >= 15 is 0 Å². The van der Waals surface area contributed by atoms with Gasteiger partial charge in [0.1, 0.15) is 0 Å². The lowest BCUT2D eigenvalue weighted by Crippen LogP contribution is -2.39. The molecule has 0 aromatic heterocycles. The van der Waals surface area contributed by atoms with Gasteiger partial charge in [-0.2, -0.15) is 0 Å². The lowest BCUT2D eigenvalue weighted by atomic mass is 9.85. The van der Waals surface area contributed by atoms with Gasteiger partial charge in [-0.1, -0.05) is 31.4 Å². The van der Waals surface area contributed by atoms with Gasteiger partial charge in [0, 0.05) is 11.7 Å². The van der Waals surface area contributed by atoms with Crippen LogP contribution in [0.1, 0.15) is 44.6 Å². The molecule has 1 aliphatic rings. The molecular weight excluding hydrogens is 272 g/mol. The maximum absolute atomic E-state index is 12.2. The van der Waals surface area contributed by atoms with E-state index in [9.17, 15) is 8.42 Å². The van der Waals surface area contributed by atoms with Crippen LogP contribution in [0, 0.1) is 5.92 Å². The molecule has 112 valence electrons. The van der Waals surface area contributed by atoms with Gasteiger partial charge in [-0.3, -0.25) is 0 Å². The van der Waals surface area contributed by atoms with Crippen molar-refractivity contribution in [1.82, 2.24) is 4.72 Å². The van der Waals surface area contributed by atoms with Gasteiger partial charge in [0.25, 0.3) is 0 Å². The van der Waals surface area contributed by atoms with Crippen LogP contribution in [0.3, 0.4) is 0 Å². The van der Waals surface area contributed by atoms with E-state index in [4.69, 9.17) is 5.73 Å². The summed E-state index contributed by atoms with van der Waals surface area (Å²) in [7, 11) is -3.31. The van der Waals surface area contributed by atoms with Gasteiger partial charge in [-0.25, -0.2) is 13.1 Å². The number of nitrogens with two attached hydrogens (primary N) is 1. The average molecular weight is 296 g/mol. The summed E-state index contributed by atoms with van der Waals surface area (Å²) in [4.78, 5) is 0. The SMILES string of the molecule is CC(NS(=O)(=O)Cc1cccc(N)c1)C1CCCCC1. The van der Waals surface area contributed by atoms with E-state index in [1.54, 1.807) is 24.3 Å². The number of nitrogens with one attached hydrogen (secondary N) is 1. The van der Waals surface area contributed by atoms with E-state index in [-0.39, 0.29) is 11.8 Å². The lowest BCUT2D eigenvalue weighted by molar-refractivity contribution is 0.303. The number of sulfonamides is 1. The Kier molecular flexibility index (Phi) is 5.05. The summed E-state index contributed by atoms with van der Waals surface area (Å²) in [5, 5.41) is 0. The molecule has 0 saturated heterocycles. The van der Waals surface area contributed by atoms with Gasteiger partial charge >= 0.3 is 0 Å². The molecule has 0 aliphatic heterocycles. The van der Waals surface area contributed by atoms with Gasteiger partial charge in [-0.15, -0.1) is 0 Å². The zero-order valence-corrected chi connectivity index (χ0v) is 12.8. The monoisotopic (exact) mass is 296 g/mol. The minimum absolute atomic E-state index is 0.00486. The Morgan fingerprint density at radius 3 is 2.65 bits per heavy atom. The van der Waals surface area contributed by atoms with E-state index in [1.165, 1.54) is 19.3 Å². The van der Waals surface area contributed by atoms with Crippen LogP contribution < -0.4 is 10.5 Å². The number of hydrogen-bond donors (Lipinski definition) is 2. The molecule has 0 amide bonds. The molecule has 1 aromatic rings. The number of benzene rings is 1. The van der Waals surface area contributed by atoms with Crippen molar-refractivity contribution < 1.29 is 8.42 Å². The highest BCUT2D eigenvalue weighted by molar-refractivity contribution is 7.88. The first-order valence-corrected chi connectivity index (χ1v) is 8.96. The van der Waals surface area contributed by atoms with Crippen LogP contribution in [0.4, 0.5) is 5.69 Å². The predicted molar refractivity (Wildman–Crippen MR) is 82.7 cm³/mol. The minimum Gasteiger partial charge on any atom is -0.399 e. The molecular formula is C15H24N2O2S. The first kappa shape index (κ1) is 15.3. The van der Waals surface area contributed by atoms with Gasteiger partial charge in [0.15, 0.2) is 0 Å². The zero-order valence-electron chi connectivity index (χ0n) is 12.0. The summed E-state index contributed by atoms with van der Waals surface area (Å²) in [5.41, 5.74) is 7.01. The molecule has 4 nitrogen and oxygen atoms in total. The van der Waals surface area contributed by atoms with Crippen LogP contribution in [0.5, 0.6) is 0 Å². The van der Waals surface area contributed by atoms with Crippen molar-refractivity contribution in [2.24, 2.45) is 5.92 Å². The van der Waals surface area contributed by atoms with Crippen LogP contribution in [0.25, 0.3) is 0 Å². The highest BCUT2D eigenvalue weighted by Crippen LogP contribution is 2.26. The van der Waals surface area contributed by atoms with Crippen molar-refractivity contribution in [2.45, 2.75) is 50.8 Å². The first-order valence-electron chi connectivity index (χ1n) is 7.31. The van der Waals surface area contributed by atoms with Crippen molar-refractivity contribution in [1.29, 1.82) is 0 Å². The van der Waals surface area contributed by atoms with Crippen LogP contribution >= 0.6 is 0 Å². The molecule has 0 bridgehead atoms. The smallest absolute Gasteiger partial charge is 0.216 e. The van der Waals surface area contributed by atoms with E-state index in [2.05, 4.69) is 4.72 Å². The quantitative estimate of drug-likeness (QED) is 0.821. The average Bonchev–Trinajstić information content (AvgIpc) is 2.38. The van der Waals surface area contributed by atoms with Gasteiger partial charge in [-0.05, 0) is 43.4 Å². The molecule has 0 spiro atoms. The van der Waals surface area contributed by atoms with E-state index in [1.807, 2.05) is 6.92 Å². The molecule has 2 rings (SSSR count). The van der Waals surface area contributed by atoms with Crippen molar-refractivity contribution in [2.75, 3.05) is 5.73 Å². The standard InChI is InChI=1S/C15H24N2O2S/c1-12(14-7-3-2-4-8-14)17-20(18,19)11-13-6-5-9-15(16)10-13/h5-6,9-10,12,14,17H,2-4,7-8,11,16H2,1H3. The molecule has 1 fully saturated rings. The molecule has 1 atom stereocenters. The molecule has 1 unspecified atom stereocenters. The Bertz CT molecular complexity index is 537. The fourth-order valence-corrected chi connectivity index (χ4v) is 4.42. The first-order chi connectivity index (χ1) is 9.46. The van der Waals surface area contributed by atoms with Crippen molar-refractivity contribution in [3.8, 4) is 0 Å². The number of anilines is 1. The third kappa shape index (κ3) is 4.49. The van der Waals surface area contributed by atoms with Gasteiger partial charge in [0.05, 0.1) is 5.75 Å². The van der Waals surface area contributed by atoms with Gasteiger partial charge in [0.2, 0.25) is 10.0 Å². The summed E-state index contributed by atoms with van der Waals surface area (Å²) in [6, 6.07) is 7.06. The highest BCUT2D eigenvalue weighted by Gasteiger charge is 2.24. The largest absolute Gasteiger partial charge is 0.399 e. The van der Waals surface area contributed by atoms with Crippen LogP contribution in [0.2, 0.25) is 0 Å². The van der Waals surface area contributed by atoms with Gasteiger partial charge < -0.3 is 5.73 Å². The summed E-state index contributed by atoms with van der Waals surface area (Å²) in [6.45, 7) is 1.98. The fourth-order valence-electron chi connectivity index (χ4n) is 2.96. The third-order valence-corrected chi connectivity index (χ3v) is 5.47. The van der Waals surface area contributed by atoms with Crippen LogP contribution in [-0.2, 0) is 15.8 Å².